The molecule has 0 spiro atoms. The first-order valence-electron chi connectivity index (χ1n) is 9.24. The zero-order valence-electron chi connectivity index (χ0n) is 15.7. The van der Waals surface area contributed by atoms with Gasteiger partial charge in [0.25, 0.3) is 0 Å². The van der Waals surface area contributed by atoms with Gasteiger partial charge in [0.15, 0.2) is 5.11 Å². The lowest BCUT2D eigenvalue weighted by molar-refractivity contribution is -0.117. The van der Waals surface area contributed by atoms with Crippen molar-refractivity contribution < 1.29 is 9.53 Å². The van der Waals surface area contributed by atoms with Crippen LogP contribution in [0.1, 0.15) is 30.9 Å². The van der Waals surface area contributed by atoms with Gasteiger partial charge in [-0.3, -0.25) is 4.79 Å². The minimum Gasteiger partial charge on any atom is -0.494 e. The number of ether oxygens (including phenoxy) is 1. The largest absolute Gasteiger partial charge is 0.494 e. The summed E-state index contributed by atoms with van der Waals surface area (Å²) in [5.41, 5.74) is 4.05. The number of amides is 1. The summed E-state index contributed by atoms with van der Waals surface area (Å²) in [5.74, 6) is 1.06. The molecule has 5 nitrogen and oxygen atoms in total. The van der Waals surface area contributed by atoms with E-state index in [4.69, 9.17) is 17.0 Å². The molecule has 0 radical (unpaired) electrons. The molecule has 142 valence electrons. The van der Waals surface area contributed by atoms with Gasteiger partial charge in [-0.2, -0.15) is 0 Å². The van der Waals surface area contributed by atoms with E-state index in [9.17, 15) is 4.79 Å². The molecular weight excluding hydrogens is 358 g/mol. The van der Waals surface area contributed by atoms with Gasteiger partial charge in [-0.25, -0.2) is 0 Å². The Labute approximate surface area is 165 Å². The molecule has 1 fully saturated rings. The molecule has 1 heterocycles. The topological polar surface area (TPSA) is 53.6 Å². The van der Waals surface area contributed by atoms with E-state index in [-0.39, 0.29) is 5.91 Å². The van der Waals surface area contributed by atoms with Crippen molar-refractivity contribution in [3.05, 3.63) is 53.6 Å². The number of benzene rings is 2. The highest BCUT2D eigenvalue weighted by Gasteiger charge is 2.22. The van der Waals surface area contributed by atoms with E-state index in [2.05, 4.69) is 10.6 Å². The van der Waals surface area contributed by atoms with Gasteiger partial charge in [0.1, 0.15) is 5.75 Å². The maximum Gasteiger partial charge on any atom is 0.227 e. The van der Waals surface area contributed by atoms with Crippen molar-refractivity contribution in [2.75, 3.05) is 23.4 Å². The Morgan fingerprint density at radius 3 is 2.81 bits per heavy atom. The van der Waals surface area contributed by atoms with Crippen LogP contribution < -0.4 is 20.3 Å². The summed E-state index contributed by atoms with van der Waals surface area (Å²) in [4.78, 5) is 13.8. The molecule has 3 rings (SSSR count). The molecular formula is C21H25N3O2S. The van der Waals surface area contributed by atoms with Crippen molar-refractivity contribution in [1.82, 2.24) is 5.32 Å². The summed E-state index contributed by atoms with van der Waals surface area (Å²) in [5, 5.41) is 6.98. The van der Waals surface area contributed by atoms with Gasteiger partial charge in [0.2, 0.25) is 5.91 Å². The highest BCUT2D eigenvalue weighted by molar-refractivity contribution is 7.80. The summed E-state index contributed by atoms with van der Waals surface area (Å²) in [6, 6.07) is 13.9. The smallest absolute Gasteiger partial charge is 0.227 e. The standard InChI is InChI=1S/C21H25N3O2S/c1-3-26-18-7-4-6-16(13-18)14-22-21(27)23-17-9-10-19(15(2)12-17)24-11-5-8-20(24)25/h4,6-7,9-10,12-13H,3,5,8,11,14H2,1-2H3,(H2,22,23,27). The van der Waals surface area contributed by atoms with Crippen LogP contribution in [0.4, 0.5) is 11.4 Å². The van der Waals surface area contributed by atoms with Crippen molar-refractivity contribution in [3.8, 4) is 5.75 Å². The van der Waals surface area contributed by atoms with E-state index in [1.165, 1.54) is 0 Å². The van der Waals surface area contributed by atoms with Gasteiger partial charge < -0.3 is 20.3 Å². The number of hydrogen-bond acceptors (Lipinski definition) is 3. The fourth-order valence-electron chi connectivity index (χ4n) is 3.21. The molecule has 2 aromatic rings. The molecule has 1 saturated heterocycles. The third kappa shape index (κ3) is 4.98. The Bertz CT molecular complexity index is 838. The minimum absolute atomic E-state index is 0.199. The SMILES string of the molecule is CCOc1cccc(CNC(=S)Nc2ccc(N3CCCC3=O)c(C)c2)c1. The van der Waals surface area contributed by atoms with Crippen molar-refractivity contribution in [2.24, 2.45) is 0 Å². The molecule has 6 heteroatoms. The highest BCUT2D eigenvalue weighted by Crippen LogP contribution is 2.27. The van der Waals surface area contributed by atoms with Crippen molar-refractivity contribution in [2.45, 2.75) is 33.2 Å². The van der Waals surface area contributed by atoms with E-state index in [1.807, 2.05) is 61.2 Å². The van der Waals surface area contributed by atoms with Crippen LogP contribution >= 0.6 is 12.2 Å². The Morgan fingerprint density at radius 2 is 2.11 bits per heavy atom. The summed E-state index contributed by atoms with van der Waals surface area (Å²) in [6.45, 7) is 6.05. The number of carbonyl (C=O) groups is 1. The molecule has 1 aliphatic heterocycles. The molecule has 1 aliphatic rings. The molecule has 0 saturated carbocycles. The van der Waals surface area contributed by atoms with Crippen LogP contribution in [0.25, 0.3) is 0 Å². The Morgan fingerprint density at radius 1 is 1.26 bits per heavy atom. The average Bonchev–Trinajstić information content (AvgIpc) is 3.07. The van der Waals surface area contributed by atoms with Gasteiger partial charge in [-0.15, -0.1) is 0 Å². The summed E-state index contributed by atoms with van der Waals surface area (Å²) >= 11 is 5.40. The number of carbonyl (C=O) groups excluding carboxylic acids is 1. The molecule has 1 amide bonds. The Hall–Kier alpha value is -2.60. The van der Waals surface area contributed by atoms with E-state index in [1.54, 1.807) is 0 Å². The van der Waals surface area contributed by atoms with Crippen LogP contribution in [0.3, 0.4) is 0 Å². The summed E-state index contributed by atoms with van der Waals surface area (Å²) in [6.07, 6.45) is 1.56. The zero-order chi connectivity index (χ0) is 19.2. The second-order valence-corrected chi connectivity index (χ2v) is 6.95. The number of aryl methyl sites for hydroxylation is 1. The lowest BCUT2D eigenvalue weighted by Crippen LogP contribution is -2.28. The first-order valence-corrected chi connectivity index (χ1v) is 9.65. The maximum absolute atomic E-state index is 11.9. The summed E-state index contributed by atoms with van der Waals surface area (Å²) < 4.78 is 5.52. The first kappa shape index (κ1) is 19.2. The molecule has 2 N–H and O–H groups in total. The Balaban J connectivity index is 1.57. The van der Waals surface area contributed by atoms with Crippen LogP contribution in [0.2, 0.25) is 0 Å². The van der Waals surface area contributed by atoms with Gasteiger partial charge in [-0.1, -0.05) is 12.1 Å². The number of thiocarbonyl (C=S) groups is 1. The molecule has 27 heavy (non-hydrogen) atoms. The number of anilines is 2. The quantitative estimate of drug-likeness (QED) is 0.739. The number of nitrogens with zero attached hydrogens (tertiary/aromatic N) is 1. The highest BCUT2D eigenvalue weighted by atomic mass is 32.1. The van der Waals surface area contributed by atoms with Gasteiger partial charge in [0.05, 0.1) is 6.61 Å². The minimum atomic E-state index is 0.199. The molecule has 0 atom stereocenters. The lowest BCUT2D eigenvalue weighted by atomic mass is 10.1. The Kier molecular flexibility index (Phi) is 6.29. The monoisotopic (exact) mass is 383 g/mol. The van der Waals surface area contributed by atoms with Crippen LogP contribution in [0, 0.1) is 6.92 Å². The van der Waals surface area contributed by atoms with Crippen LogP contribution in [0.15, 0.2) is 42.5 Å². The fraction of sp³-hybridized carbons (Fsp3) is 0.333. The van der Waals surface area contributed by atoms with Gasteiger partial charge in [0, 0.05) is 30.9 Å². The summed E-state index contributed by atoms with van der Waals surface area (Å²) in [7, 11) is 0. The third-order valence-electron chi connectivity index (χ3n) is 4.48. The number of nitrogens with one attached hydrogen (secondary N) is 2. The van der Waals surface area contributed by atoms with Crippen molar-refractivity contribution in [1.29, 1.82) is 0 Å². The maximum atomic E-state index is 11.9. The van der Waals surface area contributed by atoms with Crippen molar-refractivity contribution in [3.63, 3.8) is 0 Å². The molecule has 0 aromatic heterocycles. The van der Waals surface area contributed by atoms with E-state index in [0.29, 0.717) is 24.7 Å². The van der Waals surface area contributed by atoms with E-state index < -0.39 is 0 Å². The van der Waals surface area contributed by atoms with Crippen LogP contribution in [-0.2, 0) is 11.3 Å². The number of rotatable bonds is 6. The molecule has 2 aromatic carbocycles. The molecule has 0 bridgehead atoms. The normalized spacial score (nSPS) is 13.6. The fourth-order valence-corrected chi connectivity index (χ4v) is 3.40. The second-order valence-electron chi connectivity index (χ2n) is 6.54. The predicted molar refractivity (Wildman–Crippen MR) is 113 cm³/mol. The average molecular weight is 384 g/mol. The molecule has 0 aliphatic carbocycles. The van der Waals surface area contributed by atoms with Crippen LogP contribution in [0.5, 0.6) is 5.75 Å². The zero-order valence-corrected chi connectivity index (χ0v) is 16.6. The van der Waals surface area contributed by atoms with E-state index >= 15 is 0 Å². The van der Waals surface area contributed by atoms with Crippen molar-refractivity contribution >= 4 is 34.6 Å². The second kappa shape index (κ2) is 8.86. The lowest BCUT2D eigenvalue weighted by Gasteiger charge is -2.19. The third-order valence-corrected chi connectivity index (χ3v) is 4.73. The van der Waals surface area contributed by atoms with Gasteiger partial charge in [-0.05, 0) is 73.9 Å². The predicted octanol–water partition coefficient (Wildman–Crippen LogP) is 4.01. The first-order chi connectivity index (χ1) is 13.1. The van der Waals surface area contributed by atoms with E-state index in [0.717, 1.165) is 41.2 Å². The van der Waals surface area contributed by atoms with Gasteiger partial charge >= 0.3 is 0 Å². The number of hydrogen-bond donors (Lipinski definition) is 2. The molecule has 0 unspecified atom stereocenters. The van der Waals surface area contributed by atoms with Crippen LogP contribution in [-0.4, -0.2) is 24.2 Å².